The Morgan fingerprint density at radius 3 is 2.52 bits per heavy atom. The zero-order valence-electron chi connectivity index (χ0n) is 17.7. The first-order valence-corrected chi connectivity index (χ1v) is 11.5. The summed E-state index contributed by atoms with van der Waals surface area (Å²) in [5, 5.41) is 16.8. The van der Waals surface area contributed by atoms with E-state index >= 15 is 0 Å². The van der Waals surface area contributed by atoms with Crippen molar-refractivity contribution in [2.45, 2.75) is 39.7 Å². The van der Waals surface area contributed by atoms with Crippen molar-refractivity contribution in [2.75, 3.05) is 0 Å². The van der Waals surface area contributed by atoms with Crippen LogP contribution in [0.25, 0.3) is 33.5 Å². The minimum Gasteiger partial charge on any atom is -0.323 e. The molecule has 0 aliphatic carbocycles. The standard InChI is InChI=1S/C24H24N6S/c1-3-7-22-25-23-20(15-31-21(23)4-2)30(22)14-16-10-12-17(13-11-16)18-8-5-6-9-19(18)24-26-28-29-27-24/h5-6,8-13,15H,3-4,7,14H2,1-2H3,(H,26,27,28,29). The molecular weight excluding hydrogens is 404 g/mol. The first-order valence-electron chi connectivity index (χ1n) is 10.7. The summed E-state index contributed by atoms with van der Waals surface area (Å²) in [5.74, 6) is 1.79. The number of hydrogen-bond donors (Lipinski definition) is 1. The molecule has 0 amide bonds. The van der Waals surface area contributed by atoms with E-state index in [2.05, 4.69) is 74.8 Å². The second-order valence-corrected chi connectivity index (χ2v) is 8.55. The molecular formula is C24H24N6S. The Bertz CT molecular complexity index is 1300. The van der Waals surface area contributed by atoms with Crippen LogP contribution in [0.15, 0.2) is 53.9 Å². The number of rotatable bonds is 7. The predicted octanol–water partition coefficient (Wildman–Crippen LogP) is 5.51. The van der Waals surface area contributed by atoms with Crippen molar-refractivity contribution in [3.8, 4) is 22.5 Å². The number of aromatic nitrogens is 6. The van der Waals surface area contributed by atoms with Gasteiger partial charge in [-0.1, -0.05) is 62.4 Å². The fourth-order valence-electron chi connectivity index (χ4n) is 4.04. The molecule has 5 rings (SSSR count). The first kappa shape index (κ1) is 19.6. The minimum absolute atomic E-state index is 0.605. The summed E-state index contributed by atoms with van der Waals surface area (Å²) in [6.45, 7) is 5.25. The number of benzene rings is 2. The van der Waals surface area contributed by atoms with E-state index in [4.69, 9.17) is 4.98 Å². The molecule has 0 aliphatic heterocycles. The zero-order chi connectivity index (χ0) is 21.2. The maximum absolute atomic E-state index is 4.99. The number of aryl methyl sites for hydroxylation is 2. The number of nitrogens with zero attached hydrogens (tertiary/aromatic N) is 5. The molecule has 0 aliphatic rings. The maximum Gasteiger partial charge on any atom is 0.205 e. The van der Waals surface area contributed by atoms with Gasteiger partial charge in [0, 0.05) is 28.8 Å². The number of hydrogen-bond acceptors (Lipinski definition) is 5. The van der Waals surface area contributed by atoms with Crippen LogP contribution in [0.2, 0.25) is 0 Å². The molecule has 0 saturated carbocycles. The van der Waals surface area contributed by atoms with Gasteiger partial charge >= 0.3 is 0 Å². The average molecular weight is 429 g/mol. The van der Waals surface area contributed by atoms with Gasteiger partial charge in [0.05, 0.1) is 5.52 Å². The highest BCUT2D eigenvalue weighted by Gasteiger charge is 2.15. The molecule has 0 bridgehead atoms. The van der Waals surface area contributed by atoms with Crippen molar-refractivity contribution in [2.24, 2.45) is 0 Å². The van der Waals surface area contributed by atoms with Crippen molar-refractivity contribution in [1.29, 1.82) is 0 Å². The molecule has 0 radical (unpaired) electrons. The average Bonchev–Trinajstić information content (AvgIpc) is 3.54. The van der Waals surface area contributed by atoms with E-state index in [1.165, 1.54) is 27.3 Å². The lowest BCUT2D eigenvalue weighted by atomic mass is 9.98. The van der Waals surface area contributed by atoms with Gasteiger partial charge in [-0.05, 0) is 34.7 Å². The summed E-state index contributed by atoms with van der Waals surface area (Å²) in [4.78, 5) is 6.36. The highest BCUT2D eigenvalue weighted by Crippen LogP contribution is 2.31. The van der Waals surface area contributed by atoms with E-state index in [1.807, 2.05) is 29.5 Å². The molecule has 3 aromatic heterocycles. The molecule has 7 heteroatoms. The Morgan fingerprint density at radius 1 is 1.00 bits per heavy atom. The van der Waals surface area contributed by atoms with E-state index in [-0.39, 0.29) is 0 Å². The summed E-state index contributed by atoms with van der Waals surface area (Å²) >= 11 is 1.82. The van der Waals surface area contributed by atoms with E-state index in [1.54, 1.807) is 0 Å². The minimum atomic E-state index is 0.605. The fourth-order valence-corrected chi connectivity index (χ4v) is 4.96. The largest absolute Gasteiger partial charge is 0.323 e. The van der Waals surface area contributed by atoms with Crippen molar-refractivity contribution in [1.82, 2.24) is 30.2 Å². The summed E-state index contributed by atoms with van der Waals surface area (Å²) < 4.78 is 2.39. The van der Waals surface area contributed by atoms with Crippen molar-refractivity contribution >= 4 is 22.4 Å². The Morgan fingerprint density at radius 2 is 1.81 bits per heavy atom. The lowest BCUT2D eigenvalue weighted by Gasteiger charge is -2.11. The molecule has 31 heavy (non-hydrogen) atoms. The molecule has 0 atom stereocenters. The van der Waals surface area contributed by atoms with E-state index < -0.39 is 0 Å². The quantitative estimate of drug-likeness (QED) is 0.371. The van der Waals surface area contributed by atoms with E-state index in [9.17, 15) is 0 Å². The second kappa shape index (κ2) is 8.43. The molecule has 0 saturated heterocycles. The molecule has 0 unspecified atom stereocenters. The monoisotopic (exact) mass is 428 g/mol. The Kier molecular flexibility index (Phi) is 5.34. The van der Waals surface area contributed by atoms with Crippen molar-refractivity contribution in [3.05, 3.63) is 70.2 Å². The highest BCUT2D eigenvalue weighted by molar-refractivity contribution is 7.11. The topological polar surface area (TPSA) is 72.3 Å². The van der Waals surface area contributed by atoms with Crippen LogP contribution in [-0.2, 0) is 19.4 Å². The van der Waals surface area contributed by atoms with Gasteiger partial charge in [-0.3, -0.25) is 0 Å². The number of nitrogens with one attached hydrogen (secondary N) is 1. The number of fused-ring (bicyclic) bond motifs is 1. The molecule has 0 spiro atoms. The van der Waals surface area contributed by atoms with Crippen LogP contribution in [0.1, 0.15) is 36.5 Å². The van der Waals surface area contributed by atoms with Gasteiger partial charge in [0.2, 0.25) is 5.82 Å². The molecule has 1 N–H and O–H groups in total. The maximum atomic E-state index is 4.99. The molecule has 6 nitrogen and oxygen atoms in total. The van der Waals surface area contributed by atoms with Crippen LogP contribution < -0.4 is 0 Å². The number of imidazole rings is 1. The van der Waals surface area contributed by atoms with Gasteiger partial charge in [0.15, 0.2) is 0 Å². The Labute approximate surface area is 185 Å². The Hall–Kier alpha value is -3.32. The SMILES string of the molecule is CCCc1nc2c(CC)scc2n1Cc1ccc(-c2ccccc2-c2nn[nH]n2)cc1. The van der Waals surface area contributed by atoms with Gasteiger partial charge in [0.25, 0.3) is 0 Å². The van der Waals surface area contributed by atoms with Crippen LogP contribution in [0.5, 0.6) is 0 Å². The normalized spacial score (nSPS) is 11.4. The third kappa shape index (κ3) is 3.65. The summed E-state index contributed by atoms with van der Waals surface area (Å²) in [6.07, 6.45) is 3.13. The van der Waals surface area contributed by atoms with Crippen molar-refractivity contribution < 1.29 is 0 Å². The molecule has 0 fully saturated rings. The number of aromatic amines is 1. The van der Waals surface area contributed by atoms with Crippen LogP contribution in [0.3, 0.4) is 0 Å². The van der Waals surface area contributed by atoms with Crippen LogP contribution in [0, 0.1) is 0 Å². The smallest absolute Gasteiger partial charge is 0.205 e. The predicted molar refractivity (Wildman–Crippen MR) is 125 cm³/mol. The third-order valence-corrected chi connectivity index (χ3v) is 6.68. The number of thiophene rings is 1. The van der Waals surface area contributed by atoms with E-state index in [0.717, 1.165) is 42.5 Å². The Balaban J connectivity index is 1.47. The molecule has 156 valence electrons. The fraction of sp³-hybridized carbons (Fsp3) is 0.250. The first-order chi connectivity index (χ1) is 15.3. The van der Waals surface area contributed by atoms with Crippen LogP contribution >= 0.6 is 11.3 Å². The molecule has 2 aromatic carbocycles. The van der Waals surface area contributed by atoms with Gasteiger partial charge in [-0.15, -0.1) is 21.5 Å². The summed E-state index contributed by atoms with van der Waals surface area (Å²) in [6, 6.07) is 16.9. The van der Waals surface area contributed by atoms with Crippen LogP contribution in [-0.4, -0.2) is 30.2 Å². The molecule has 3 heterocycles. The third-order valence-electron chi connectivity index (χ3n) is 5.58. The van der Waals surface area contributed by atoms with Crippen LogP contribution in [0.4, 0.5) is 0 Å². The zero-order valence-corrected chi connectivity index (χ0v) is 18.5. The summed E-state index contributed by atoms with van der Waals surface area (Å²) in [5.41, 5.74) is 6.91. The molecule has 5 aromatic rings. The number of tetrazole rings is 1. The number of H-pyrrole nitrogens is 1. The van der Waals surface area contributed by atoms with Gasteiger partial charge in [-0.25, -0.2) is 4.98 Å². The summed E-state index contributed by atoms with van der Waals surface area (Å²) in [7, 11) is 0. The lowest BCUT2D eigenvalue weighted by Crippen LogP contribution is -2.05. The van der Waals surface area contributed by atoms with Crippen molar-refractivity contribution in [3.63, 3.8) is 0 Å². The van der Waals surface area contributed by atoms with E-state index in [0.29, 0.717) is 5.82 Å². The van der Waals surface area contributed by atoms with Gasteiger partial charge < -0.3 is 4.57 Å². The highest BCUT2D eigenvalue weighted by atomic mass is 32.1. The second-order valence-electron chi connectivity index (χ2n) is 7.59. The van der Waals surface area contributed by atoms with Gasteiger partial charge in [-0.2, -0.15) is 5.21 Å². The lowest BCUT2D eigenvalue weighted by molar-refractivity contribution is 0.722. The van der Waals surface area contributed by atoms with Gasteiger partial charge in [0.1, 0.15) is 11.3 Å².